The topological polar surface area (TPSA) is 73.0 Å². The number of hydrogen-bond acceptors (Lipinski definition) is 4. The molecule has 0 bridgehead atoms. The molecule has 0 radical (unpaired) electrons. The van der Waals surface area contributed by atoms with Crippen LogP contribution in [0.3, 0.4) is 0 Å². The van der Waals surface area contributed by atoms with Crippen molar-refractivity contribution in [2.24, 2.45) is 7.05 Å². The molecule has 0 saturated heterocycles. The molecule has 8 heteroatoms. The number of benzene rings is 1. The average molecular weight is 359 g/mol. The van der Waals surface area contributed by atoms with E-state index in [9.17, 15) is 8.42 Å². The first-order valence-corrected chi connectivity index (χ1v) is 9.48. The monoisotopic (exact) mass is 359 g/mol. The van der Waals surface area contributed by atoms with Crippen LogP contribution in [-0.2, 0) is 36.7 Å². The molecule has 0 aliphatic carbocycles. The summed E-state index contributed by atoms with van der Waals surface area (Å²) in [5.74, 6) is 0. The molecule has 0 unspecified atom stereocenters. The van der Waals surface area contributed by atoms with E-state index in [0.717, 1.165) is 11.3 Å². The van der Waals surface area contributed by atoms with Crippen LogP contribution in [0, 0.1) is 0 Å². The minimum atomic E-state index is -3.67. The van der Waals surface area contributed by atoms with Gasteiger partial charge in [-0.2, -0.15) is 14.5 Å². The fourth-order valence-corrected chi connectivity index (χ4v) is 4.04. The highest BCUT2D eigenvalue weighted by Crippen LogP contribution is 2.20. The lowest BCUT2D eigenvalue weighted by molar-refractivity contribution is 0.386. The first-order valence-electron chi connectivity index (χ1n) is 8.04. The normalized spacial score (nSPS) is 12.0. The van der Waals surface area contributed by atoms with E-state index in [1.807, 2.05) is 43.3 Å². The van der Waals surface area contributed by atoms with Crippen molar-refractivity contribution in [2.45, 2.75) is 31.5 Å². The summed E-state index contributed by atoms with van der Waals surface area (Å²) in [6, 6.07) is 11.4. The first-order chi connectivity index (χ1) is 12.0. The van der Waals surface area contributed by atoms with Crippen LogP contribution >= 0.6 is 0 Å². The summed E-state index contributed by atoms with van der Waals surface area (Å²) >= 11 is 0. The van der Waals surface area contributed by atoms with Gasteiger partial charge in [0.1, 0.15) is 4.90 Å². The Balaban J connectivity index is 1.96. The molecule has 7 nitrogen and oxygen atoms in total. The van der Waals surface area contributed by atoms with Crippen LogP contribution in [0.2, 0.25) is 0 Å². The highest BCUT2D eigenvalue weighted by atomic mass is 32.2. The van der Waals surface area contributed by atoms with Gasteiger partial charge in [0, 0.05) is 32.5 Å². The van der Waals surface area contributed by atoms with Gasteiger partial charge in [-0.25, -0.2) is 8.42 Å². The Bertz CT molecular complexity index is 931. The van der Waals surface area contributed by atoms with E-state index in [1.54, 1.807) is 17.9 Å². The summed E-state index contributed by atoms with van der Waals surface area (Å²) in [4.78, 5) is 0.188. The van der Waals surface area contributed by atoms with E-state index < -0.39 is 10.0 Å². The van der Waals surface area contributed by atoms with Crippen molar-refractivity contribution in [1.29, 1.82) is 0 Å². The van der Waals surface area contributed by atoms with Crippen molar-refractivity contribution >= 4 is 10.0 Å². The summed E-state index contributed by atoms with van der Waals surface area (Å²) in [6.45, 7) is 3.20. The molecule has 0 atom stereocenters. The quantitative estimate of drug-likeness (QED) is 0.647. The van der Waals surface area contributed by atoms with E-state index in [4.69, 9.17) is 0 Å². The molecule has 132 valence electrons. The van der Waals surface area contributed by atoms with Crippen molar-refractivity contribution in [3.63, 3.8) is 0 Å². The summed E-state index contributed by atoms with van der Waals surface area (Å²) in [5, 5.41) is 8.23. The fourth-order valence-electron chi connectivity index (χ4n) is 2.65. The number of aromatic nitrogens is 4. The Morgan fingerprint density at radius 3 is 2.48 bits per heavy atom. The highest BCUT2D eigenvalue weighted by Gasteiger charge is 2.27. The van der Waals surface area contributed by atoms with Crippen LogP contribution in [0.1, 0.15) is 18.2 Å². The second kappa shape index (κ2) is 7.20. The van der Waals surface area contributed by atoms with Crippen LogP contribution in [0.5, 0.6) is 0 Å². The van der Waals surface area contributed by atoms with Crippen LogP contribution in [0.25, 0.3) is 0 Å². The van der Waals surface area contributed by atoms with Gasteiger partial charge in [-0.15, -0.1) is 0 Å². The van der Waals surface area contributed by atoms with Gasteiger partial charge in [-0.1, -0.05) is 30.3 Å². The summed E-state index contributed by atoms with van der Waals surface area (Å²) < 4.78 is 31.0. The van der Waals surface area contributed by atoms with Gasteiger partial charge < -0.3 is 0 Å². The summed E-state index contributed by atoms with van der Waals surface area (Å²) in [7, 11) is -1.97. The molecule has 3 aromatic rings. The number of aryl methyl sites for hydroxylation is 2. The molecule has 0 N–H and O–H groups in total. The second-order valence-corrected chi connectivity index (χ2v) is 7.68. The smallest absolute Gasteiger partial charge is 0.246 e. The van der Waals surface area contributed by atoms with E-state index in [0.29, 0.717) is 6.54 Å². The molecule has 0 aliphatic heterocycles. The lowest BCUT2D eigenvalue weighted by Gasteiger charge is -2.22. The standard InChI is InChI=1S/C17H21N5O2S/c1-3-22-16(9-10-18-22)13-21(12-15-7-5-4-6-8-15)25(23,24)17-11-19-20(2)14-17/h4-11,14H,3,12-13H2,1-2H3. The van der Waals surface area contributed by atoms with Crippen LogP contribution in [0.4, 0.5) is 0 Å². The maximum absolute atomic E-state index is 13.1. The Hall–Kier alpha value is -2.45. The van der Waals surface area contributed by atoms with Crippen molar-refractivity contribution in [3.05, 3.63) is 66.2 Å². The highest BCUT2D eigenvalue weighted by molar-refractivity contribution is 7.89. The van der Waals surface area contributed by atoms with E-state index in [1.165, 1.54) is 21.4 Å². The average Bonchev–Trinajstić information content (AvgIpc) is 3.24. The Labute approximate surface area is 147 Å². The Morgan fingerprint density at radius 2 is 1.84 bits per heavy atom. The van der Waals surface area contributed by atoms with Crippen molar-refractivity contribution < 1.29 is 8.42 Å². The SMILES string of the molecule is CCn1nccc1CN(Cc1ccccc1)S(=O)(=O)c1cnn(C)c1. The Kier molecular flexibility index (Phi) is 5.00. The van der Waals surface area contributed by atoms with E-state index >= 15 is 0 Å². The van der Waals surface area contributed by atoms with Crippen LogP contribution in [-0.4, -0.2) is 32.3 Å². The van der Waals surface area contributed by atoms with E-state index in [2.05, 4.69) is 10.2 Å². The molecule has 2 aromatic heterocycles. The second-order valence-electron chi connectivity index (χ2n) is 5.75. The van der Waals surface area contributed by atoms with Gasteiger partial charge in [0.2, 0.25) is 10.0 Å². The Morgan fingerprint density at radius 1 is 1.08 bits per heavy atom. The molecule has 3 rings (SSSR count). The number of hydrogen-bond donors (Lipinski definition) is 0. The minimum absolute atomic E-state index is 0.188. The number of nitrogens with zero attached hydrogens (tertiary/aromatic N) is 5. The molecule has 0 amide bonds. The predicted octanol–water partition coefficient (Wildman–Crippen LogP) is 2.03. The maximum Gasteiger partial charge on any atom is 0.246 e. The summed E-state index contributed by atoms with van der Waals surface area (Å²) in [6.07, 6.45) is 4.59. The van der Waals surface area contributed by atoms with Crippen LogP contribution < -0.4 is 0 Å². The lowest BCUT2D eigenvalue weighted by Crippen LogP contribution is -2.31. The maximum atomic E-state index is 13.1. The molecule has 0 spiro atoms. The molecule has 1 aromatic carbocycles. The third-order valence-corrected chi connectivity index (χ3v) is 5.71. The molecular formula is C17H21N5O2S. The van der Waals surface area contributed by atoms with E-state index in [-0.39, 0.29) is 18.0 Å². The fraction of sp³-hybridized carbons (Fsp3) is 0.294. The van der Waals surface area contributed by atoms with Crippen molar-refractivity contribution in [1.82, 2.24) is 23.9 Å². The number of sulfonamides is 1. The third kappa shape index (κ3) is 3.80. The predicted molar refractivity (Wildman–Crippen MR) is 94.0 cm³/mol. The van der Waals surface area contributed by atoms with Gasteiger partial charge in [-0.3, -0.25) is 9.36 Å². The van der Waals surface area contributed by atoms with Gasteiger partial charge in [-0.05, 0) is 18.6 Å². The minimum Gasteiger partial charge on any atom is -0.274 e. The zero-order chi connectivity index (χ0) is 17.9. The largest absolute Gasteiger partial charge is 0.274 e. The molecule has 0 saturated carbocycles. The molecule has 2 heterocycles. The molecular weight excluding hydrogens is 338 g/mol. The van der Waals surface area contributed by atoms with Gasteiger partial charge in [0.05, 0.1) is 18.4 Å². The molecule has 0 fully saturated rings. The zero-order valence-corrected chi connectivity index (χ0v) is 15.1. The van der Waals surface area contributed by atoms with Gasteiger partial charge in [0.25, 0.3) is 0 Å². The lowest BCUT2D eigenvalue weighted by atomic mass is 10.2. The van der Waals surface area contributed by atoms with Gasteiger partial charge in [0.15, 0.2) is 0 Å². The summed E-state index contributed by atoms with van der Waals surface area (Å²) in [5.41, 5.74) is 1.78. The van der Waals surface area contributed by atoms with Crippen LogP contribution in [0.15, 0.2) is 59.9 Å². The van der Waals surface area contributed by atoms with Crippen molar-refractivity contribution in [2.75, 3.05) is 0 Å². The molecule has 25 heavy (non-hydrogen) atoms. The van der Waals surface area contributed by atoms with Crippen molar-refractivity contribution in [3.8, 4) is 0 Å². The molecule has 0 aliphatic rings. The number of rotatable bonds is 7. The zero-order valence-electron chi connectivity index (χ0n) is 14.3. The third-order valence-electron chi connectivity index (χ3n) is 3.96. The van der Waals surface area contributed by atoms with Gasteiger partial charge >= 0.3 is 0 Å². The first kappa shape index (κ1) is 17.4.